The van der Waals surface area contributed by atoms with E-state index in [2.05, 4.69) is 44.9 Å². The average Bonchev–Trinajstić information content (AvgIpc) is 3.19. The largest absolute Gasteiger partial charge is 0.357 e. The molecule has 0 atom stereocenters. The third kappa shape index (κ3) is 5.95. The second kappa shape index (κ2) is 9.52. The molecule has 0 radical (unpaired) electrons. The number of aliphatic imine (C=N–C) groups is 1. The number of benzene rings is 2. The first-order valence-electron chi connectivity index (χ1n) is 9.03. The summed E-state index contributed by atoms with van der Waals surface area (Å²) in [5.41, 5.74) is 3.38. The molecular weight excluding hydrogens is 341 g/mol. The van der Waals surface area contributed by atoms with Crippen LogP contribution in [0.3, 0.4) is 0 Å². The fourth-order valence-electron chi connectivity index (χ4n) is 2.64. The second-order valence-electron chi connectivity index (χ2n) is 6.23. The predicted octanol–water partition coefficient (Wildman–Crippen LogP) is 3.33. The van der Waals surface area contributed by atoms with Gasteiger partial charge < -0.3 is 15.2 Å². The number of hydrogen-bond donors (Lipinski definition) is 2. The van der Waals surface area contributed by atoms with Crippen molar-refractivity contribution in [2.24, 2.45) is 4.99 Å². The van der Waals surface area contributed by atoms with Gasteiger partial charge in [-0.3, -0.25) is 0 Å². The van der Waals surface area contributed by atoms with Gasteiger partial charge in [0.05, 0.1) is 12.9 Å². The van der Waals surface area contributed by atoms with Crippen LogP contribution in [0.1, 0.15) is 23.6 Å². The molecular formula is C21H24FN5. The van der Waals surface area contributed by atoms with E-state index in [1.165, 1.54) is 23.3 Å². The molecule has 0 unspecified atom stereocenters. The lowest BCUT2D eigenvalue weighted by Gasteiger charge is -2.12. The Morgan fingerprint density at radius 3 is 2.37 bits per heavy atom. The van der Waals surface area contributed by atoms with Gasteiger partial charge in [0.15, 0.2) is 5.96 Å². The molecule has 5 nitrogen and oxygen atoms in total. The van der Waals surface area contributed by atoms with Gasteiger partial charge in [-0.25, -0.2) is 14.4 Å². The summed E-state index contributed by atoms with van der Waals surface area (Å²) in [7, 11) is 0. The van der Waals surface area contributed by atoms with Crippen molar-refractivity contribution in [2.45, 2.75) is 26.6 Å². The van der Waals surface area contributed by atoms with Crippen LogP contribution in [0.5, 0.6) is 0 Å². The molecule has 1 heterocycles. The van der Waals surface area contributed by atoms with Gasteiger partial charge in [-0.2, -0.15) is 0 Å². The van der Waals surface area contributed by atoms with E-state index in [1.54, 1.807) is 18.3 Å². The molecule has 6 heteroatoms. The molecule has 0 amide bonds. The molecule has 0 saturated carbocycles. The lowest BCUT2D eigenvalue weighted by molar-refractivity contribution is 0.627. The Hall–Kier alpha value is -3.15. The van der Waals surface area contributed by atoms with Gasteiger partial charge in [-0.1, -0.05) is 36.4 Å². The minimum atomic E-state index is -0.232. The molecule has 0 fully saturated rings. The van der Waals surface area contributed by atoms with Crippen molar-refractivity contribution in [2.75, 3.05) is 6.54 Å². The van der Waals surface area contributed by atoms with Crippen molar-refractivity contribution < 1.29 is 4.39 Å². The summed E-state index contributed by atoms with van der Waals surface area (Å²) in [5.74, 6) is 0.508. The topological polar surface area (TPSA) is 54.2 Å². The summed E-state index contributed by atoms with van der Waals surface area (Å²) in [5, 5.41) is 6.56. The Morgan fingerprint density at radius 1 is 1.00 bits per heavy atom. The zero-order chi connectivity index (χ0) is 18.9. The highest BCUT2D eigenvalue weighted by Gasteiger charge is 2.00. The van der Waals surface area contributed by atoms with Crippen LogP contribution in [0.2, 0.25) is 0 Å². The molecule has 2 N–H and O–H groups in total. The van der Waals surface area contributed by atoms with Crippen LogP contribution < -0.4 is 10.6 Å². The van der Waals surface area contributed by atoms with Crippen molar-refractivity contribution in [3.05, 3.63) is 89.8 Å². The highest BCUT2D eigenvalue weighted by atomic mass is 19.1. The van der Waals surface area contributed by atoms with Gasteiger partial charge in [-0.05, 0) is 35.7 Å². The third-order valence-corrected chi connectivity index (χ3v) is 4.08. The number of nitrogens with one attached hydrogen (secondary N) is 2. The Labute approximate surface area is 159 Å². The number of guanidine groups is 1. The smallest absolute Gasteiger partial charge is 0.191 e. The Balaban J connectivity index is 1.55. The fraction of sp³-hybridized carbons (Fsp3) is 0.238. The molecule has 0 aliphatic heterocycles. The maximum atomic E-state index is 13.0. The van der Waals surface area contributed by atoms with Crippen LogP contribution in [-0.4, -0.2) is 22.1 Å². The van der Waals surface area contributed by atoms with Crippen LogP contribution in [0.15, 0.2) is 72.2 Å². The van der Waals surface area contributed by atoms with E-state index in [9.17, 15) is 4.39 Å². The Kier molecular flexibility index (Phi) is 6.57. The van der Waals surface area contributed by atoms with Crippen molar-refractivity contribution in [1.82, 2.24) is 20.2 Å². The number of imidazole rings is 1. The zero-order valence-electron chi connectivity index (χ0n) is 15.4. The highest BCUT2D eigenvalue weighted by Crippen LogP contribution is 2.07. The normalized spacial score (nSPS) is 11.4. The molecule has 140 valence electrons. The number of nitrogens with zero attached hydrogens (tertiary/aromatic N) is 3. The molecule has 0 aliphatic rings. The number of halogens is 1. The minimum Gasteiger partial charge on any atom is -0.357 e. The molecule has 2 aromatic carbocycles. The summed E-state index contributed by atoms with van der Waals surface area (Å²) >= 11 is 0. The van der Waals surface area contributed by atoms with Crippen molar-refractivity contribution in [1.29, 1.82) is 0 Å². The Morgan fingerprint density at radius 2 is 1.70 bits per heavy atom. The quantitative estimate of drug-likeness (QED) is 0.499. The van der Waals surface area contributed by atoms with E-state index in [4.69, 9.17) is 0 Å². The van der Waals surface area contributed by atoms with Gasteiger partial charge in [0.25, 0.3) is 0 Å². The molecule has 27 heavy (non-hydrogen) atoms. The fourth-order valence-corrected chi connectivity index (χ4v) is 2.64. The molecule has 0 aliphatic carbocycles. The van der Waals surface area contributed by atoms with Gasteiger partial charge >= 0.3 is 0 Å². The number of aromatic nitrogens is 2. The first-order valence-corrected chi connectivity index (χ1v) is 9.03. The molecule has 0 saturated heterocycles. The summed E-state index contributed by atoms with van der Waals surface area (Å²) in [6, 6.07) is 14.9. The van der Waals surface area contributed by atoms with E-state index in [0.29, 0.717) is 13.1 Å². The summed E-state index contributed by atoms with van der Waals surface area (Å²) in [6.45, 7) is 4.80. The van der Waals surface area contributed by atoms with Crippen LogP contribution in [-0.2, 0) is 19.6 Å². The standard InChI is InChI=1S/C21H24FN5/c1-2-24-21(26-14-18-7-9-20(22)10-8-18)25-13-17-3-5-19(6-4-17)15-27-12-11-23-16-27/h3-12,16H,2,13-15H2,1H3,(H2,24,25,26). The lowest BCUT2D eigenvalue weighted by atomic mass is 10.1. The highest BCUT2D eigenvalue weighted by molar-refractivity contribution is 5.79. The van der Waals surface area contributed by atoms with E-state index in [0.717, 1.165) is 24.6 Å². The average molecular weight is 365 g/mol. The van der Waals surface area contributed by atoms with Crippen molar-refractivity contribution >= 4 is 5.96 Å². The van der Waals surface area contributed by atoms with E-state index < -0.39 is 0 Å². The summed E-state index contributed by atoms with van der Waals surface area (Å²) in [6.07, 6.45) is 5.55. The predicted molar refractivity (Wildman–Crippen MR) is 106 cm³/mol. The Bertz CT molecular complexity index is 839. The van der Waals surface area contributed by atoms with E-state index >= 15 is 0 Å². The lowest BCUT2D eigenvalue weighted by Crippen LogP contribution is -2.36. The van der Waals surface area contributed by atoms with Crippen LogP contribution in [0.25, 0.3) is 0 Å². The van der Waals surface area contributed by atoms with Crippen LogP contribution >= 0.6 is 0 Å². The number of rotatable bonds is 7. The molecule has 1 aromatic heterocycles. The third-order valence-electron chi connectivity index (χ3n) is 4.08. The SMILES string of the molecule is CCNC(=NCc1ccc(F)cc1)NCc1ccc(Cn2ccnc2)cc1. The van der Waals surface area contributed by atoms with Crippen LogP contribution in [0.4, 0.5) is 4.39 Å². The minimum absolute atomic E-state index is 0.232. The van der Waals surface area contributed by atoms with Crippen molar-refractivity contribution in [3.8, 4) is 0 Å². The maximum Gasteiger partial charge on any atom is 0.191 e. The van der Waals surface area contributed by atoms with Crippen molar-refractivity contribution in [3.63, 3.8) is 0 Å². The van der Waals surface area contributed by atoms with Gasteiger partial charge in [0.1, 0.15) is 5.82 Å². The molecule has 3 rings (SSSR count). The van der Waals surface area contributed by atoms with E-state index in [-0.39, 0.29) is 5.82 Å². The summed E-state index contributed by atoms with van der Waals surface area (Å²) < 4.78 is 15.0. The maximum absolute atomic E-state index is 13.0. The van der Waals surface area contributed by atoms with Gasteiger partial charge in [-0.15, -0.1) is 0 Å². The van der Waals surface area contributed by atoms with Gasteiger partial charge in [0.2, 0.25) is 0 Å². The first-order chi connectivity index (χ1) is 13.2. The van der Waals surface area contributed by atoms with Gasteiger partial charge in [0, 0.05) is 32.0 Å². The van der Waals surface area contributed by atoms with Crippen LogP contribution in [0, 0.1) is 5.82 Å². The molecule has 0 bridgehead atoms. The zero-order valence-corrected chi connectivity index (χ0v) is 15.4. The monoisotopic (exact) mass is 365 g/mol. The molecule has 0 spiro atoms. The van der Waals surface area contributed by atoms with E-state index in [1.807, 2.05) is 24.0 Å². The second-order valence-corrected chi connectivity index (χ2v) is 6.23. The number of hydrogen-bond acceptors (Lipinski definition) is 2. The first kappa shape index (κ1) is 18.6. The molecule has 3 aromatic rings. The summed E-state index contributed by atoms with van der Waals surface area (Å²) in [4.78, 5) is 8.62.